The summed E-state index contributed by atoms with van der Waals surface area (Å²) < 4.78 is 37.8. The molecule has 0 fully saturated rings. The molecule has 2 rings (SSSR count). The first-order chi connectivity index (χ1) is 9.36. The Labute approximate surface area is 120 Å². The Hall–Kier alpha value is -1.96. The van der Waals surface area contributed by atoms with E-state index in [1.807, 2.05) is 0 Å². The number of pyridine rings is 2. The van der Waals surface area contributed by atoms with Crippen LogP contribution >= 0.6 is 15.9 Å². The number of aromatic nitrogens is 2. The van der Waals surface area contributed by atoms with Gasteiger partial charge in [-0.15, -0.1) is 0 Å². The summed E-state index contributed by atoms with van der Waals surface area (Å²) in [4.78, 5) is 19.2. The minimum Gasteiger partial charge on any atom is -0.305 e. The second-order valence-electron chi connectivity index (χ2n) is 3.74. The van der Waals surface area contributed by atoms with Crippen molar-refractivity contribution >= 4 is 27.7 Å². The smallest absolute Gasteiger partial charge is 0.305 e. The number of carbonyl (C=O) groups is 1. The Morgan fingerprint density at radius 3 is 2.50 bits per heavy atom. The van der Waals surface area contributed by atoms with Gasteiger partial charge >= 0.3 is 6.18 Å². The van der Waals surface area contributed by atoms with Gasteiger partial charge in [-0.3, -0.25) is 9.78 Å². The third-order valence-electron chi connectivity index (χ3n) is 2.29. The molecule has 0 aliphatic rings. The molecule has 0 aliphatic heterocycles. The lowest BCUT2D eigenvalue weighted by Gasteiger charge is -2.07. The largest absolute Gasteiger partial charge is 0.417 e. The molecule has 0 unspecified atom stereocenters. The summed E-state index contributed by atoms with van der Waals surface area (Å²) in [5.41, 5.74) is -1.03. The van der Waals surface area contributed by atoms with Crippen LogP contribution in [0.25, 0.3) is 0 Å². The molecular formula is C12H7BrF3N3O. The summed E-state index contributed by atoms with van der Waals surface area (Å²) in [5, 5.41) is 2.43. The van der Waals surface area contributed by atoms with Crippen LogP contribution in [0.1, 0.15) is 16.1 Å². The molecule has 0 aromatic carbocycles. The number of nitrogens with zero attached hydrogens (tertiary/aromatic N) is 2. The average Bonchev–Trinajstić information content (AvgIpc) is 2.38. The second-order valence-corrected chi connectivity index (χ2v) is 4.66. The molecule has 0 atom stereocenters. The number of alkyl halides is 3. The van der Waals surface area contributed by atoms with Crippen LogP contribution in [0.2, 0.25) is 0 Å². The number of hydrogen-bond donors (Lipinski definition) is 1. The van der Waals surface area contributed by atoms with Crippen LogP contribution in [-0.4, -0.2) is 15.9 Å². The Bertz CT molecular complexity index is 629. The van der Waals surface area contributed by atoms with Gasteiger partial charge in [0, 0.05) is 16.9 Å². The standard InChI is InChI=1S/C12H7BrF3N3O/c13-8-3-4-17-10(5-8)19-11(20)9-2-1-7(6-18-9)12(14,15)16/h1-6H,(H,17,19,20). The van der Waals surface area contributed by atoms with Crippen molar-refractivity contribution in [3.63, 3.8) is 0 Å². The van der Waals surface area contributed by atoms with Crippen molar-refractivity contribution in [2.75, 3.05) is 5.32 Å². The van der Waals surface area contributed by atoms with Gasteiger partial charge in [-0.25, -0.2) is 4.98 Å². The van der Waals surface area contributed by atoms with Gasteiger partial charge in [0.1, 0.15) is 11.5 Å². The topological polar surface area (TPSA) is 54.9 Å². The highest BCUT2D eigenvalue weighted by Crippen LogP contribution is 2.28. The van der Waals surface area contributed by atoms with Gasteiger partial charge in [0.2, 0.25) is 0 Å². The first-order valence-electron chi connectivity index (χ1n) is 5.32. The lowest BCUT2D eigenvalue weighted by Crippen LogP contribution is -2.15. The Kier molecular flexibility index (Phi) is 4.03. The van der Waals surface area contributed by atoms with Crippen molar-refractivity contribution < 1.29 is 18.0 Å². The fourth-order valence-electron chi connectivity index (χ4n) is 1.35. The maximum absolute atomic E-state index is 12.4. The molecule has 8 heteroatoms. The van der Waals surface area contributed by atoms with Crippen molar-refractivity contribution in [3.05, 3.63) is 52.4 Å². The van der Waals surface area contributed by atoms with Crippen LogP contribution in [0, 0.1) is 0 Å². The third kappa shape index (κ3) is 3.53. The molecule has 1 amide bonds. The quantitative estimate of drug-likeness (QED) is 0.906. The van der Waals surface area contributed by atoms with Gasteiger partial charge in [-0.05, 0) is 24.3 Å². The van der Waals surface area contributed by atoms with E-state index in [9.17, 15) is 18.0 Å². The van der Waals surface area contributed by atoms with Gasteiger partial charge in [0.05, 0.1) is 5.56 Å². The van der Waals surface area contributed by atoms with E-state index in [0.717, 1.165) is 12.1 Å². The average molecular weight is 346 g/mol. The van der Waals surface area contributed by atoms with Crippen LogP contribution in [0.5, 0.6) is 0 Å². The fourth-order valence-corrected chi connectivity index (χ4v) is 1.68. The maximum Gasteiger partial charge on any atom is 0.417 e. The summed E-state index contributed by atoms with van der Waals surface area (Å²) in [6.07, 6.45) is -2.39. The number of amides is 1. The van der Waals surface area contributed by atoms with Crippen molar-refractivity contribution in [2.24, 2.45) is 0 Å². The van der Waals surface area contributed by atoms with E-state index in [-0.39, 0.29) is 11.5 Å². The minimum absolute atomic E-state index is 0.125. The summed E-state index contributed by atoms with van der Waals surface area (Å²) in [6.45, 7) is 0. The molecule has 0 radical (unpaired) electrons. The number of anilines is 1. The zero-order valence-electron chi connectivity index (χ0n) is 9.78. The zero-order chi connectivity index (χ0) is 14.8. The van der Waals surface area contributed by atoms with E-state index < -0.39 is 17.6 Å². The number of nitrogens with one attached hydrogen (secondary N) is 1. The number of hydrogen-bond acceptors (Lipinski definition) is 3. The Morgan fingerprint density at radius 1 is 1.20 bits per heavy atom. The van der Waals surface area contributed by atoms with E-state index in [2.05, 4.69) is 31.2 Å². The summed E-state index contributed by atoms with van der Waals surface area (Å²) in [7, 11) is 0. The molecule has 2 heterocycles. The van der Waals surface area contributed by atoms with Crippen LogP contribution in [-0.2, 0) is 6.18 Å². The van der Waals surface area contributed by atoms with Crippen molar-refractivity contribution in [1.82, 2.24) is 9.97 Å². The van der Waals surface area contributed by atoms with Gasteiger partial charge in [-0.1, -0.05) is 15.9 Å². The van der Waals surface area contributed by atoms with Crippen LogP contribution < -0.4 is 5.32 Å². The van der Waals surface area contributed by atoms with Gasteiger partial charge in [0.25, 0.3) is 5.91 Å². The normalized spacial score (nSPS) is 11.2. The highest BCUT2D eigenvalue weighted by atomic mass is 79.9. The molecule has 1 N–H and O–H groups in total. The van der Waals surface area contributed by atoms with Crippen LogP contribution in [0.15, 0.2) is 41.1 Å². The summed E-state index contributed by atoms with van der Waals surface area (Å²) >= 11 is 3.21. The molecule has 0 bridgehead atoms. The van der Waals surface area contributed by atoms with E-state index in [1.165, 1.54) is 6.20 Å². The lowest BCUT2D eigenvalue weighted by molar-refractivity contribution is -0.137. The predicted molar refractivity (Wildman–Crippen MR) is 69.1 cm³/mol. The van der Waals surface area contributed by atoms with Gasteiger partial charge in [0.15, 0.2) is 0 Å². The number of carbonyl (C=O) groups excluding carboxylic acids is 1. The highest BCUT2D eigenvalue weighted by molar-refractivity contribution is 9.10. The summed E-state index contributed by atoms with van der Waals surface area (Å²) in [5.74, 6) is -0.365. The molecule has 2 aromatic heterocycles. The number of halogens is 4. The molecule has 0 saturated carbocycles. The molecule has 20 heavy (non-hydrogen) atoms. The first-order valence-corrected chi connectivity index (χ1v) is 6.12. The SMILES string of the molecule is O=C(Nc1cc(Br)ccn1)c1ccc(C(F)(F)F)cn1. The Morgan fingerprint density at radius 2 is 1.95 bits per heavy atom. The maximum atomic E-state index is 12.4. The van der Waals surface area contributed by atoms with Crippen molar-refractivity contribution in [1.29, 1.82) is 0 Å². The monoisotopic (exact) mass is 345 g/mol. The molecule has 0 aliphatic carbocycles. The highest BCUT2D eigenvalue weighted by Gasteiger charge is 2.30. The predicted octanol–water partition coefficient (Wildman–Crippen LogP) is 3.51. The van der Waals surface area contributed by atoms with E-state index in [1.54, 1.807) is 12.1 Å². The van der Waals surface area contributed by atoms with Crippen molar-refractivity contribution in [3.8, 4) is 0 Å². The van der Waals surface area contributed by atoms with Crippen LogP contribution in [0.4, 0.5) is 19.0 Å². The minimum atomic E-state index is -4.48. The first kappa shape index (κ1) is 14.4. The molecule has 4 nitrogen and oxygen atoms in total. The van der Waals surface area contributed by atoms with Gasteiger partial charge < -0.3 is 5.32 Å². The van der Waals surface area contributed by atoms with E-state index in [4.69, 9.17) is 0 Å². The Balaban J connectivity index is 2.14. The molecule has 0 saturated heterocycles. The fraction of sp³-hybridized carbons (Fsp3) is 0.0833. The second kappa shape index (κ2) is 5.58. The molecule has 0 spiro atoms. The van der Waals surface area contributed by atoms with E-state index in [0.29, 0.717) is 10.7 Å². The molecule has 2 aromatic rings. The molecule has 104 valence electrons. The zero-order valence-corrected chi connectivity index (χ0v) is 11.4. The van der Waals surface area contributed by atoms with Gasteiger partial charge in [-0.2, -0.15) is 13.2 Å². The number of rotatable bonds is 2. The third-order valence-corrected chi connectivity index (χ3v) is 2.78. The summed E-state index contributed by atoms with van der Waals surface area (Å²) in [6, 6.07) is 5.04. The van der Waals surface area contributed by atoms with E-state index >= 15 is 0 Å². The molecular weight excluding hydrogens is 339 g/mol. The lowest BCUT2D eigenvalue weighted by atomic mass is 10.2. The van der Waals surface area contributed by atoms with Crippen molar-refractivity contribution in [2.45, 2.75) is 6.18 Å². The van der Waals surface area contributed by atoms with Crippen LogP contribution in [0.3, 0.4) is 0 Å².